The van der Waals surface area contributed by atoms with Crippen molar-refractivity contribution in [3.05, 3.63) is 77.0 Å². The Kier molecular flexibility index (Phi) is 6.28. The van der Waals surface area contributed by atoms with Crippen LogP contribution in [0.15, 0.2) is 54.6 Å². The molecule has 0 aliphatic carbocycles. The lowest BCUT2D eigenvalue weighted by atomic mass is 9.95. The molecule has 1 aliphatic rings. The van der Waals surface area contributed by atoms with E-state index in [9.17, 15) is 9.59 Å². The van der Waals surface area contributed by atoms with Gasteiger partial charge in [-0.1, -0.05) is 48.5 Å². The number of hydrogen-bond acceptors (Lipinski definition) is 5. The number of nitrogens with zero attached hydrogens (tertiary/aromatic N) is 2. The average Bonchev–Trinajstić information content (AvgIpc) is 2.76. The van der Waals surface area contributed by atoms with Crippen LogP contribution in [0.1, 0.15) is 41.0 Å². The second-order valence-corrected chi connectivity index (χ2v) is 8.17. The number of carbonyl (C=O) groups excluding carboxylic acids is 2. The lowest BCUT2D eigenvalue weighted by molar-refractivity contribution is -0.124. The molecule has 1 aliphatic heterocycles. The zero-order valence-corrected chi connectivity index (χ0v) is 17.9. The molecule has 0 atom stereocenters. The molecular formula is C25H27N3O3. The van der Waals surface area contributed by atoms with Crippen LogP contribution in [-0.2, 0) is 29.0 Å². The first-order chi connectivity index (χ1) is 15.0. The topological polar surface area (TPSA) is 71.5 Å². The van der Waals surface area contributed by atoms with Crippen molar-refractivity contribution >= 4 is 22.8 Å². The number of fused-ring (bicyclic) bond motifs is 2. The number of hydrogen-bond donors (Lipinski definition) is 1. The van der Waals surface area contributed by atoms with Gasteiger partial charge >= 0.3 is 5.97 Å². The van der Waals surface area contributed by atoms with E-state index in [0.29, 0.717) is 12.1 Å². The van der Waals surface area contributed by atoms with Gasteiger partial charge in [-0.25, -0.2) is 4.79 Å². The van der Waals surface area contributed by atoms with E-state index in [1.165, 1.54) is 5.56 Å². The molecular weight excluding hydrogens is 390 g/mol. The van der Waals surface area contributed by atoms with Gasteiger partial charge in [-0.05, 0) is 25.5 Å². The van der Waals surface area contributed by atoms with Gasteiger partial charge in [0.1, 0.15) is 0 Å². The summed E-state index contributed by atoms with van der Waals surface area (Å²) in [5.41, 5.74) is 4.36. The molecule has 6 heteroatoms. The third-order valence-electron chi connectivity index (χ3n) is 5.36. The molecule has 31 heavy (non-hydrogen) atoms. The fourth-order valence-electron chi connectivity index (χ4n) is 4.02. The van der Waals surface area contributed by atoms with Crippen LogP contribution in [0.3, 0.4) is 0 Å². The Bertz CT molecular complexity index is 1100. The highest BCUT2D eigenvalue weighted by Gasteiger charge is 2.27. The molecule has 1 aromatic heterocycles. The molecule has 6 nitrogen and oxygen atoms in total. The molecule has 2 aromatic carbocycles. The van der Waals surface area contributed by atoms with Gasteiger partial charge in [-0.2, -0.15) is 0 Å². The van der Waals surface area contributed by atoms with Gasteiger partial charge < -0.3 is 10.1 Å². The largest absolute Gasteiger partial charge is 0.452 e. The van der Waals surface area contributed by atoms with Crippen molar-refractivity contribution in [2.75, 3.05) is 13.2 Å². The number of esters is 1. The predicted molar refractivity (Wildman–Crippen MR) is 120 cm³/mol. The minimum atomic E-state index is -0.477. The van der Waals surface area contributed by atoms with E-state index in [1.807, 2.05) is 56.3 Å². The first-order valence-corrected chi connectivity index (χ1v) is 10.6. The van der Waals surface area contributed by atoms with Gasteiger partial charge in [0.2, 0.25) is 0 Å². The Morgan fingerprint density at radius 1 is 1.10 bits per heavy atom. The van der Waals surface area contributed by atoms with E-state index in [2.05, 4.69) is 22.3 Å². The average molecular weight is 418 g/mol. The lowest BCUT2D eigenvalue weighted by Gasteiger charge is -2.30. The van der Waals surface area contributed by atoms with E-state index in [0.717, 1.165) is 41.7 Å². The first-order valence-electron chi connectivity index (χ1n) is 10.6. The van der Waals surface area contributed by atoms with E-state index >= 15 is 0 Å². The van der Waals surface area contributed by atoms with E-state index < -0.39 is 5.97 Å². The molecule has 0 unspecified atom stereocenters. The molecule has 0 bridgehead atoms. The van der Waals surface area contributed by atoms with E-state index in [4.69, 9.17) is 9.72 Å². The van der Waals surface area contributed by atoms with Crippen LogP contribution in [-0.4, -0.2) is 41.0 Å². The van der Waals surface area contributed by atoms with Crippen LogP contribution in [0.25, 0.3) is 10.9 Å². The van der Waals surface area contributed by atoms with Crippen molar-refractivity contribution in [3.8, 4) is 0 Å². The molecule has 0 radical (unpaired) electrons. The normalized spacial score (nSPS) is 13.8. The SMILES string of the molecule is CC(C)NC(=O)COC(=O)c1c2c(nc3ccccc13)CCN(Cc1ccccc1)C2. The number of aromatic nitrogens is 1. The number of amides is 1. The molecule has 0 spiro atoms. The highest BCUT2D eigenvalue weighted by Crippen LogP contribution is 2.29. The molecule has 3 aromatic rings. The summed E-state index contributed by atoms with van der Waals surface area (Å²) in [7, 11) is 0. The number of rotatable bonds is 6. The number of ether oxygens (including phenoxy) is 1. The Morgan fingerprint density at radius 3 is 2.61 bits per heavy atom. The molecule has 0 saturated carbocycles. The van der Waals surface area contributed by atoms with Crippen LogP contribution in [0, 0.1) is 0 Å². The second-order valence-electron chi connectivity index (χ2n) is 8.17. The lowest BCUT2D eigenvalue weighted by Crippen LogP contribution is -2.35. The van der Waals surface area contributed by atoms with Gasteiger partial charge in [-0.3, -0.25) is 14.7 Å². The zero-order valence-electron chi connectivity index (χ0n) is 17.9. The van der Waals surface area contributed by atoms with E-state index in [-0.39, 0.29) is 18.6 Å². The number of carbonyl (C=O) groups is 2. The van der Waals surface area contributed by atoms with Crippen LogP contribution < -0.4 is 5.32 Å². The zero-order chi connectivity index (χ0) is 21.8. The number of pyridine rings is 1. The predicted octanol–water partition coefficient (Wildman–Crippen LogP) is 3.47. The Labute approximate surface area is 182 Å². The molecule has 160 valence electrons. The van der Waals surface area contributed by atoms with Crippen LogP contribution in [0.4, 0.5) is 0 Å². The summed E-state index contributed by atoms with van der Waals surface area (Å²) in [5.74, 6) is -0.781. The molecule has 0 saturated heterocycles. The minimum absolute atomic E-state index is 0.00716. The Balaban J connectivity index is 1.63. The summed E-state index contributed by atoms with van der Waals surface area (Å²) in [4.78, 5) is 32.3. The van der Waals surface area contributed by atoms with Crippen molar-refractivity contribution in [1.82, 2.24) is 15.2 Å². The van der Waals surface area contributed by atoms with Crippen LogP contribution in [0.2, 0.25) is 0 Å². The Morgan fingerprint density at radius 2 is 1.84 bits per heavy atom. The van der Waals surface area contributed by atoms with Gasteiger partial charge in [0, 0.05) is 48.7 Å². The molecule has 4 rings (SSSR count). The second kappa shape index (κ2) is 9.27. The van der Waals surface area contributed by atoms with Crippen molar-refractivity contribution in [2.24, 2.45) is 0 Å². The van der Waals surface area contributed by atoms with E-state index in [1.54, 1.807) is 0 Å². The van der Waals surface area contributed by atoms with Crippen molar-refractivity contribution in [2.45, 2.75) is 39.4 Å². The number of nitrogens with one attached hydrogen (secondary N) is 1. The summed E-state index contributed by atoms with van der Waals surface area (Å²) >= 11 is 0. The van der Waals surface area contributed by atoms with Gasteiger partial charge in [0.05, 0.1) is 11.1 Å². The molecule has 1 amide bonds. The maximum atomic E-state index is 13.1. The summed E-state index contributed by atoms with van der Waals surface area (Å²) in [5, 5.41) is 3.51. The third-order valence-corrected chi connectivity index (χ3v) is 5.36. The minimum Gasteiger partial charge on any atom is -0.452 e. The maximum Gasteiger partial charge on any atom is 0.339 e. The monoisotopic (exact) mass is 417 g/mol. The molecule has 1 N–H and O–H groups in total. The van der Waals surface area contributed by atoms with Gasteiger partial charge in [-0.15, -0.1) is 0 Å². The fraction of sp³-hybridized carbons (Fsp3) is 0.320. The first kappa shape index (κ1) is 21.0. The maximum absolute atomic E-state index is 13.1. The van der Waals surface area contributed by atoms with Gasteiger partial charge in [0.25, 0.3) is 5.91 Å². The van der Waals surface area contributed by atoms with Crippen molar-refractivity contribution in [3.63, 3.8) is 0 Å². The summed E-state index contributed by atoms with van der Waals surface area (Å²) in [6, 6.07) is 17.9. The molecule has 2 heterocycles. The summed E-state index contributed by atoms with van der Waals surface area (Å²) in [6.07, 6.45) is 0.765. The smallest absolute Gasteiger partial charge is 0.339 e. The standard InChI is InChI=1S/C25H27N3O3/c1-17(2)26-23(29)16-31-25(30)24-19-10-6-7-11-21(19)27-22-12-13-28(15-20(22)24)14-18-8-4-3-5-9-18/h3-11,17H,12-16H2,1-2H3,(H,26,29). The number of para-hydroxylation sites is 1. The quantitative estimate of drug-likeness (QED) is 0.622. The third kappa shape index (κ3) is 4.91. The Hall–Kier alpha value is -3.25. The van der Waals surface area contributed by atoms with Crippen LogP contribution >= 0.6 is 0 Å². The van der Waals surface area contributed by atoms with Gasteiger partial charge in [0.15, 0.2) is 6.61 Å². The highest BCUT2D eigenvalue weighted by molar-refractivity contribution is 6.05. The number of benzene rings is 2. The fourth-order valence-corrected chi connectivity index (χ4v) is 4.02. The van der Waals surface area contributed by atoms with Crippen molar-refractivity contribution in [1.29, 1.82) is 0 Å². The highest BCUT2D eigenvalue weighted by atomic mass is 16.5. The summed E-state index contributed by atoms with van der Waals surface area (Å²) in [6.45, 7) is 5.74. The van der Waals surface area contributed by atoms with Crippen molar-refractivity contribution < 1.29 is 14.3 Å². The summed E-state index contributed by atoms with van der Waals surface area (Å²) < 4.78 is 5.42. The molecule has 0 fully saturated rings. The van der Waals surface area contributed by atoms with Crippen LogP contribution in [0.5, 0.6) is 0 Å².